The Morgan fingerprint density at radius 2 is 1.80 bits per heavy atom. The fourth-order valence-corrected chi connectivity index (χ4v) is 2.40. The van der Waals surface area contributed by atoms with Gasteiger partial charge in [-0.25, -0.2) is 0 Å². The lowest BCUT2D eigenvalue weighted by Crippen LogP contribution is -2.35. The maximum Gasteiger partial charge on any atom is 0.0364 e. The average molecular weight is 271 g/mol. The third kappa shape index (κ3) is 5.64. The van der Waals surface area contributed by atoms with Crippen LogP contribution in [0.25, 0.3) is 0 Å². The molecular weight excluding hydrogens is 242 g/mol. The van der Waals surface area contributed by atoms with Crippen molar-refractivity contribution >= 4 is 0 Å². The Morgan fingerprint density at radius 3 is 2.40 bits per heavy atom. The molecule has 20 heavy (non-hydrogen) atoms. The quantitative estimate of drug-likeness (QED) is 0.727. The minimum absolute atomic E-state index is 0.579. The van der Waals surface area contributed by atoms with Gasteiger partial charge in [-0.2, -0.15) is 0 Å². The normalized spacial score (nSPS) is 17.6. The first-order chi connectivity index (χ1) is 9.71. The van der Waals surface area contributed by atoms with E-state index in [0.717, 1.165) is 19.4 Å². The number of hydrogen-bond donors (Lipinski definition) is 0. The van der Waals surface area contributed by atoms with Crippen molar-refractivity contribution in [3.63, 3.8) is 0 Å². The van der Waals surface area contributed by atoms with Crippen LogP contribution in [-0.2, 0) is 6.42 Å². The van der Waals surface area contributed by atoms with Crippen molar-refractivity contribution in [3.8, 4) is 0 Å². The van der Waals surface area contributed by atoms with Gasteiger partial charge in [-0.15, -0.1) is 0 Å². The van der Waals surface area contributed by atoms with Gasteiger partial charge in [0.15, 0.2) is 0 Å². The first-order valence-electron chi connectivity index (χ1n) is 7.86. The van der Waals surface area contributed by atoms with Crippen molar-refractivity contribution in [3.05, 3.63) is 60.3 Å². The van der Waals surface area contributed by atoms with Gasteiger partial charge in [0.25, 0.3) is 0 Å². The number of allylic oxidation sites excluding steroid dienone is 1. The second kappa shape index (κ2) is 9.41. The molecule has 110 valence electrons. The van der Waals surface area contributed by atoms with E-state index in [2.05, 4.69) is 74.9 Å². The minimum Gasteiger partial charge on any atom is -0.374 e. The summed E-state index contributed by atoms with van der Waals surface area (Å²) in [6.07, 6.45) is 9.01. The largest absolute Gasteiger partial charge is 0.374 e. The van der Waals surface area contributed by atoms with Crippen LogP contribution in [0.15, 0.2) is 54.8 Å². The molecule has 0 N–H and O–H groups in total. The van der Waals surface area contributed by atoms with E-state index in [9.17, 15) is 0 Å². The molecule has 0 aliphatic carbocycles. The molecule has 1 unspecified atom stereocenters. The smallest absolute Gasteiger partial charge is 0.0364 e. The highest BCUT2D eigenvalue weighted by atomic mass is 15.1. The van der Waals surface area contributed by atoms with E-state index in [1.807, 2.05) is 0 Å². The van der Waals surface area contributed by atoms with E-state index in [4.69, 9.17) is 0 Å². The lowest BCUT2D eigenvalue weighted by Gasteiger charge is -2.34. The average Bonchev–Trinajstić information content (AvgIpc) is 2.44. The van der Waals surface area contributed by atoms with Crippen molar-refractivity contribution in [2.45, 2.75) is 52.5 Å². The van der Waals surface area contributed by atoms with Crippen LogP contribution < -0.4 is 0 Å². The monoisotopic (exact) mass is 271 g/mol. The molecule has 1 aromatic rings. The van der Waals surface area contributed by atoms with Crippen LogP contribution in [0.1, 0.15) is 45.6 Å². The van der Waals surface area contributed by atoms with Gasteiger partial charge >= 0.3 is 0 Å². The summed E-state index contributed by atoms with van der Waals surface area (Å²) < 4.78 is 0. The van der Waals surface area contributed by atoms with E-state index in [1.165, 1.54) is 24.0 Å². The Hall–Kier alpha value is -1.50. The highest BCUT2D eigenvalue weighted by Crippen LogP contribution is 2.22. The molecule has 0 bridgehead atoms. The third-order valence-corrected chi connectivity index (χ3v) is 3.26. The summed E-state index contributed by atoms with van der Waals surface area (Å²) in [4.78, 5) is 2.46. The van der Waals surface area contributed by atoms with Crippen LogP contribution in [0.4, 0.5) is 0 Å². The summed E-state index contributed by atoms with van der Waals surface area (Å²) >= 11 is 0. The minimum atomic E-state index is 0.579. The van der Waals surface area contributed by atoms with E-state index in [0.29, 0.717) is 6.04 Å². The lowest BCUT2D eigenvalue weighted by molar-refractivity contribution is 0.264. The van der Waals surface area contributed by atoms with Crippen LogP contribution in [0.2, 0.25) is 0 Å². The number of rotatable bonds is 4. The molecule has 1 aromatic carbocycles. The molecular formula is C19H29N. The zero-order valence-electron chi connectivity index (χ0n) is 13.3. The maximum atomic E-state index is 4.09. The molecule has 0 saturated carbocycles. The Kier molecular flexibility index (Phi) is 7.79. The van der Waals surface area contributed by atoms with Gasteiger partial charge in [0.2, 0.25) is 0 Å². The van der Waals surface area contributed by atoms with Crippen molar-refractivity contribution in [1.82, 2.24) is 4.90 Å². The summed E-state index contributed by atoms with van der Waals surface area (Å²) in [5.41, 5.74) is 2.67. The molecule has 1 heteroatoms. The van der Waals surface area contributed by atoms with Gasteiger partial charge in [-0.05, 0) is 37.1 Å². The second-order valence-electron chi connectivity index (χ2n) is 5.47. The molecule has 1 aliphatic rings. The summed E-state index contributed by atoms with van der Waals surface area (Å²) in [6, 6.07) is 11.3. The third-order valence-electron chi connectivity index (χ3n) is 3.26. The van der Waals surface area contributed by atoms with Gasteiger partial charge in [-0.1, -0.05) is 69.7 Å². The summed E-state index contributed by atoms with van der Waals surface area (Å²) in [6.45, 7) is 11.7. The highest BCUT2D eigenvalue weighted by molar-refractivity contribution is 5.23. The predicted octanol–water partition coefficient (Wildman–Crippen LogP) is 5.20. The SMILES string of the molecule is C=C1C=CN(CCC)C(Cc2ccccc2)C1.CCC. The Labute approximate surface area is 125 Å². The molecule has 0 radical (unpaired) electrons. The Bertz CT molecular complexity index is 405. The fourth-order valence-electron chi connectivity index (χ4n) is 2.40. The van der Waals surface area contributed by atoms with Crippen molar-refractivity contribution in [2.24, 2.45) is 0 Å². The van der Waals surface area contributed by atoms with Gasteiger partial charge in [0.1, 0.15) is 0 Å². The Morgan fingerprint density at radius 1 is 1.15 bits per heavy atom. The summed E-state index contributed by atoms with van der Waals surface area (Å²) in [5, 5.41) is 0. The molecule has 1 nitrogen and oxygen atoms in total. The Balaban J connectivity index is 0.000000612. The summed E-state index contributed by atoms with van der Waals surface area (Å²) in [5.74, 6) is 0. The predicted molar refractivity (Wildman–Crippen MR) is 89.8 cm³/mol. The molecule has 0 amide bonds. The van der Waals surface area contributed by atoms with Crippen molar-refractivity contribution < 1.29 is 0 Å². The van der Waals surface area contributed by atoms with Gasteiger partial charge in [0, 0.05) is 12.6 Å². The van der Waals surface area contributed by atoms with E-state index in [1.54, 1.807) is 0 Å². The molecule has 1 heterocycles. The van der Waals surface area contributed by atoms with Crippen molar-refractivity contribution in [2.75, 3.05) is 6.54 Å². The number of nitrogens with zero attached hydrogens (tertiary/aromatic N) is 1. The van der Waals surface area contributed by atoms with Crippen LogP contribution in [0, 0.1) is 0 Å². The summed E-state index contributed by atoms with van der Waals surface area (Å²) in [7, 11) is 0. The topological polar surface area (TPSA) is 3.24 Å². The first-order valence-corrected chi connectivity index (χ1v) is 7.86. The van der Waals surface area contributed by atoms with Gasteiger partial charge < -0.3 is 4.90 Å². The van der Waals surface area contributed by atoms with Crippen LogP contribution >= 0.6 is 0 Å². The standard InChI is InChI=1S/C16H21N.C3H8/c1-3-10-17-11-9-14(2)12-16(17)13-15-7-5-4-6-8-15;1-3-2/h4-9,11,16H,2-3,10,12-13H2,1H3;3H2,1-2H3. The molecule has 0 spiro atoms. The number of benzene rings is 1. The maximum absolute atomic E-state index is 4.09. The molecule has 2 rings (SSSR count). The fraction of sp³-hybridized carbons (Fsp3) is 0.474. The molecule has 1 atom stereocenters. The first kappa shape index (κ1) is 16.6. The zero-order valence-corrected chi connectivity index (χ0v) is 13.3. The van der Waals surface area contributed by atoms with E-state index >= 15 is 0 Å². The van der Waals surface area contributed by atoms with E-state index < -0.39 is 0 Å². The molecule has 1 aliphatic heterocycles. The van der Waals surface area contributed by atoms with E-state index in [-0.39, 0.29) is 0 Å². The molecule has 0 fully saturated rings. The van der Waals surface area contributed by atoms with Crippen LogP contribution in [-0.4, -0.2) is 17.5 Å². The van der Waals surface area contributed by atoms with Gasteiger partial charge in [-0.3, -0.25) is 0 Å². The van der Waals surface area contributed by atoms with Crippen LogP contribution in [0.3, 0.4) is 0 Å². The molecule has 0 saturated heterocycles. The van der Waals surface area contributed by atoms with Crippen molar-refractivity contribution in [1.29, 1.82) is 0 Å². The second-order valence-corrected chi connectivity index (χ2v) is 5.47. The highest BCUT2D eigenvalue weighted by Gasteiger charge is 2.19. The number of hydrogen-bond acceptors (Lipinski definition) is 1. The molecule has 0 aromatic heterocycles. The van der Waals surface area contributed by atoms with Crippen LogP contribution in [0.5, 0.6) is 0 Å². The lowest BCUT2D eigenvalue weighted by atomic mass is 9.96. The zero-order chi connectivity index (χ0) is 14.8. The van der Waals surface area contributed by atoms with Gasteiger partial charge in [0.05, 0.1) is 0 Å².